The maximum Gasteiger partial charge on any atom is 0.254 e. The lowest BCUT2D eigenvalue weighted by molar-refractivity contribution is 0.0739. The van der Waals surface area contributed by atoms with E-state index in [-0.39, 0.29) is 23.7 Å². The Morgan fingerprint density at radius 1 is 1.42 bits per heavy atom. The molecule has 0 saturated carbocycles. The van der Waals surface area contributed by atoms with Gasteiger partial charge < -0.3 is 10.6 Å². The lowest BCUT2D eigenvalue weighted by Gasteiger charge is -2.29. The molecule has 0 spiro atoms. The fraction of sp³-hybridized carbons (Fsp3) is 0.500. The standard InChI is InChI=1S/C14H21IN2O.ClH/c1-10-6-5-7-11(12(10)15)13(18)17(4)9-14(2,3)8-16;/h5-7H,8-9,16H2,1-4H3;1H. The Hall–Kier alpha value is -0.330. The lowest BCUT2D eigenvalue weighted by Crippen LogP contribution is -2.40. The molecule has 1 aromatic rings. The third-order valence-electron chi connectivity index (χ3n) is 2.99. The van der Waals surface area contributed by atoms with E-state index < -0.39 is 0 Å². The fourth-order valence-electron chi connectivity index (χ4n) is 1.80. The first kappa shape index (κ1) is 18.7. The molecule has 0 atom stereocenters. The van der Waals surface area contributed by atoms with Crippen molar-refractivity contribution < 1.29 is 4.79 Å². The monoisotopic (exact) mass is 396 g/mol. The summed E-state index contributed by atoms with van der Waals surface area (Å²) in [5.74, 6) is 0.0598. The molecule has 0 aliphatic heterocycles. The van der Waals surface area contributed by atoms with Crippen molar-refractivity contribution >= 4 is 40.9 Å². The van der Waals surface area contributed by atoms with Crippen molar-refractivity contribution in [2.45, 2.75) is 20.8 Å². The van der Waals surface area contributed by atoms with E-state index in [9.17, 15) is 4.79 Å². The predicted octanol–water partition coefficient (Wildman–Crippen LogP) is 3.08. The zero-order valence-electron chi connectivity index (χ0n) is 11.9. The van der Waals surface area contributed by atoms with Crippen LogP contribution in [0.2, 0.25) is 0 Å². The molecule has 0 radical (unpaired) electrons. The highest BCUT2D eigenvalue weighted by Gasteiger charge is 2.23. The molecule has 0 bridgehead atoms. The number of rotatable bonds is 4. The maximum absolute atomic E-state index is 12.4. The van der Waals surface area contributed by atoms with E-state index in [1.54, 1.807) is 4.90 Å². The number of carbonyl (C=O) groups excluding carboxylic acids is 1. The van der Waals surface area contributed by atoms with Gasteiger partial charge in [-0.2, -0.15) is 0 Å². The van der Waals surface area contributed by atoms with Crippen LogP contribution in [0.3, 0.4) is 0 Å². The van der Waals surface area contributed by atoms with Gasteiger partial charge in [0.1, 0.15) is 0 Å². The smallest absolute Gasteiger partial charge is 0.254 e. The second-order valence-corrected chi connectivity index (χ2v) is 6.54. The third-order valence-corrected chi connectivity index (χ3v) is 4.42. The summed E-state index contributed by atoms with van der Waals surface area (Å²) in [6.07, 6.45) is 0. The average Bonchev–Trinajstić information content (AvgIpc) is 2.31. The van der Waals surface area contributed by atoms with Gasteiger partial charge in [0.25, 0.3) is 5.91 Å². The number of nitrogens with two attached hydrogens (primary N) is 1. The number of amides is 1. The van der Waals surface area contributed by atoms with Gasteiger partial charge in [-0.25, -0.2) is 0 Å². The zero-order chi connectivity index (χ0) is 13.9. The van der Waals surface area contributed by atoms with Gasteiger partial charge in [-0.3, -0.25) is 4.79 Å². The van der Waals surface area contributed by atoms with Crippen LogP contribution in [0.5, 0.6) is 0 Å². The molecule has 5 heteroatoms. The number of hydrogen-bond donors (Lipinski definition) is 1. The van der Waals surface area contributed by atoms with E-state index in [0.717, 1.165) is 14.7 Å². The van der Waals surface area contributed by atoms with Gasteiger partial charge in [-0.05, 0) is 53.1 Å². The molecule has 19 heavy (non-hydrogen) atoms. The molecule has 0 aliphatic carbocycles. The molecule has 0 aliphatic rings. The van der Waals surface area contributed by atoms with Crippen LogP contribution in [0.15, 0.2) is 18.2 Å². The minimum atomic E-state index is -0.0559. The first-order valence-corrected chi connectivity index (χ1v) is 7.07. The predicted molar refractivity (Wildman–Crippen MR) is 90.9 cm³/mol. The Balaban J connectivity index is 0.00000324. The van der Waals surface area contributed by atoms with E-state index in [0.29, 0.717) is 13.1 Å². The number of benzene rings is 1. The van der Waals surface area contributed by atoms with Crippen molar-refractivity contribution in [1.29, 1.82) is 0 Å². The molecule has 0 heterocycles. The van der Waals surface area contributed by atoms with Crippen molar-refractivity contribution in [3.05, 3.63) is 32.9 Å². The Kier molecular flexibility index (Phi) is 7.32. The van der Waals surface area contributed by atoms with Crippen LogP contribution in [0, 0.1) is 15.9 Å². The molecular weight excluding hydrogens is 375 g/mol. The molecule has 108 valence electrons. The van der Waals surface area contributed by atoms with Gasteiger partial charge in [0, 0.05) is 17.2 Å². The van der Waals surface area contributed by atoms with Crippen LogP contribution >= 0.6 is 35.0 Å². The summed E-state index contributed by atoms with van der Waals surface area (Å²) in [7, 11) is 1.83. The van der Waals surface area contributed by atoms with Gasteiger partial charge >= 0.3 is 0 Å². The van der Waals surface area contributed by atoms with Gasteiger partial charge in [0.15, 0.2) is 0 Å². The summed E-state index contributed by atoms with van der Waals surface area (Å²) < 4.78 is 1.03. The van der Waals surface area contributed by atoms with Crippen LogP contribution in [-0.4, -0.2) is 30.9 Å². The Morgan fingerprint density at radius 2 is 2.00 bits per heavy atom. The van der Waals surface area contributed by atoms with Gasteiger partial charge in [0.2, 0.25) is 0 Å². The van der Waals surface area contributed by atoms with Crippen molar-refractivity contribution in [2.75, 3.05) is 20.1 Å². The van der Waals surface area contributed by atoms with E-state index in [1.165, 1.54) is 0 Å². The summed E-state index contributed by atoms with van der Waals surface area (Å²) in [6.45, 7) is 7.38. The SMILES string of the molecule is Cc1cccc(C(=O)N(C)CC(C)(C)CN)c1I.Cl. The third kappa shape index (κ3) is 4.93. The van der Waals surface area contributed by atoms with Crippen LogP contribution in [0.4, 0.5) is 0 Å². The maximum atomic E-state index is 12.4. The molecule has 1 aromatic carbocycles. The molecular formula is C14H22ClIN2O. The lowest BCUT2D eigenvalue weighted by atomic mass is 9.93. The molecule has 0 aromatic heterocycles. The normalized spacial score (nSPS) is 10.8. The number of halogens is 2. The topological polar surface area (TPSA) is 46.3 Å². The number of hydrogen-bond acceptors (Lipinski definition) is 2. The average molecular weight is 397 g/mol. The zero-order valence-corrected chi connectivity index (χ0v) is 14.8. The molecule has 3 nitrogen and oxygen atoms in total. The highest BCUT2D eigenvalue weighted by molar-refractivity contribution is 14.1. The van der Waals surface area contributed by atoms with E-state index in [4.69, 9.17) is 5.73 Å². The fourth-order valence-corrected chi connectivity index (χ4v) is 2.39. The number of carbonyl (C=O) groups is 1. The summed E-state index contributed by atoms with van der Waals surface area (Å²) >= 11 is 2.23. The minimum Gasteiger partial charge on any atom is -0.341 e. The van der Waals surface area contributed by atoms with Crippen LogP contribution in [-0.2, 0) is 0 Å². The summed E-state index contributed by atoms with van der Waals surface area (Å²) in [5.41, 5.74) is 7.55. The highest BCUT2D eigenvalue weighted by Crippen LogP contribution is 2.20. The molecule has 1 rings (SSSR count). The minimum absolute atomic E-state index is 0. The quantitative estimate of drug-likeness (QED) is 0.795. The Morgan fingerprint density at radius 3 is 2.53 bits per heavy atom. The molecule has 2 N–H and O–H groups in total. The van der Waals surface area contributed by atoms with E-state index in [2.05, 4.69) is 36.4 Å². The largest absolute Gasteiger partial charge is 0.341 e. The van der Waals surface area contributed by atoms with Gasteiger partial charge in [-0.1, -0.05) is 26.0 Å². The van der Waals surface area contributed by atoms with Crippen molar-refractivity contribution in [2.24, 2.45) is 11.1 Å². The first-order chi connectivity index (χ1) is 8.28. The summed E-state index contributed by atoms with van der Waals surface area (Å²) in [4.78, 5) is 14.1. The summed E-state index contributed by atoms with van der Waals surface area (Å²) in [6, 6.07) is 5.82. The Labute approximate surface area is 135 Å². The van der Waals surface area contributed by atoms with Gasteiger partial charge in [-0.15, -0.1) is 12.4 Å². The molecule has 0 unspecified atom stereocenters. The molecule has 0 saturated heterocycles. The van der Waals surface area contributed by atoms with Crippen molar-refractivity contribution in [3.63, 3.8) is 0 Å². The second-order valence-electron chi connectivity index (χ2n) is 5.47. The van der Waals surface area contributed by atoms with Crippen LogP contribution in [0.25, 0.3) is 0 Å². The highest BCUT2D eigenvalue weighted by atomic mass is 127. The van der Waals surface area contributed by atoms with Crippen LogP contribution in [0.1, 0.15) is 29.8 Å². The van der Waals surface area contributed by atoms with Crippen molar-refractivity contribution in [1.82, 2.24) is 4.90 Å². The molecule has 0 fully saturated rings. The van der Waals surface area contributed by atoms with Gasteiger partial charge in [0.05, 0.1) is 5.56 Å². The second kappa shape index (κ2) is 7.45. The van der Waals surface area contributed by atoms with Crippen molar-refractivity contribution in [3.8, 4) is 0 Å². The number of nitrogens with zero attached hydrogens (tertiary/aromatic N) is 1. The molecule has 1 amide bonds. The van der Waals surface area contributed by atoms with Crippen LogP contribution < -0.4 is 5.73 Å². The summed E-state index contributed by atoms with van der Waals surface area (Å²) in [5, 5.41) is 0. The number of aryl methyl sites for hydroxylation is 1. The Bertz CT molecular complexity index is 449. The first-order valence-electron chi connectivity index (χ1n) is 5.99. The van der Waals surface area contributed by atoms with E-state index >= 15 is 0 Å². The van der Waals surface area contributed by atoms with E-state index in [1.807, 2.05) is 32.2 Å².